The number of anilines is 1. The highest BCUT2D eigenvalue weighted by atomic mass is 32.2. The summed E-state index contributed by atoms with van der Waals surface area (Å²) in [5.41, 5.74) is 3.74. The third-order valence-corrected chi connectivity index (χ3v) is 5.86. The number of aryl methyl sites for hydroxylation is 2. The first-order valence-corrected chi connectivity index (χ1v) is 8.85. The normalized spacial score (nSPS) is 17.4. The highest BCUT2D eigenvalue weighted by Crippen LogP contribution is 2.23. The molecule has 0 amide bonds. The van der Waals surface area contributed by atoms with Gasteiger partial charge in [0.15, 0.2) is 0 Å². The van der Waals surface area contributed by atoms with Crippen molar-refractivity contribution < 1.29 is 8.42 Å². The van der Waals surface area contributed by atoms with Crippen molar-refractivity contribution in [1.82, 2.24) is 4.31 Å². The van der Waals surface area contributed by atoms with Gasteiger partial charge in [-0.15, -0.1) is 0 Å². The van der Waals surface area contributed by atoms with Crippen LogP contribution < -0.4 is 4.90 Å². The molecule has 1 aromatic rings. The van der Waals surface area contributed by atoms with E-state index in [-0.39, 0.29) is 5.75 Å². The summed E-state index contributed by atoms with van der Waals surface area (Å²) in [4.78, 5) is 2.28. The van der Waals surface area contributed by atoms with Crippen LogP contribution in [0.3, 0.4) is 0 Å². The maximum atomic E-state index is 12.0. The van der Waals surface area contributed by atoms with Crippen LogP contribution in [0.2, 0.25) is 0 Å². The van der Waals surface area contributed by atoms with Crippen LogP contribution in [0.15, 0.2) is 18.2 Å². The van der Waals surface area contributed by atoms with E-state index in [4.69, 9.17) is 0 Å². The van der Waals surface area contributed by atoms with Crippen molar-refractivity contribution >= 4 is 15.7 Å². The zero-order chi connectivity index (χ0) is 14.8. The largest absolute Gasteiger partial charge is 0.369 e. The Morgan fingerprint density at radius 2 is 1.75 bits per heavy atom. The van der Waals surface area contributed by atoms with Gasteiger partial charge in [-0.3, -0.25) is 0 Å². The molecule has 1 aliphatic rings. The second-order valence-corrected chi connectivity index (χ2v) is 7.58. The molecule has 0 saturated carbocycles. The number of hydrogen-bond acceptors (Lipinski definition) is 3. The molecule has 0 unspecified atom stereocenters. The lowest BCUT2D eigenvalue weighted by atomic mass is 10.1. The molecule has 20 heavy (non-hydrogen) atoms. The van der Waals surface area contributed by atoms with Crippen molar-refractivity contribution in [3.05, 3.63) is 29.3 Å². The molecule has 112 valence electrons. The van der Waals surface area contributed by atoms with Gasteiger partial charge in [0.25, 0.3) is 0 Å². The standard InChI is InChI=1S/C15H24N2O2S/c1-4-11-20(18,19)17-9-7-16(8-10-17)15-6-5-13(2)12-14(15)3/h5-6,12H,4,7-11H2,1-3H3. The molecule has 0 spiro atoms. The minimum absolute atomic E-state index is 0.260. The molecule has 1 aromatic carbocycles. The monoisotopic (exact) mass is 296 g/mol. The van der Waals surface area contributed by atoms with E-state index >= 15 is 0 Å². The maximum Gasteiger partial charge on any atom is 0.214 e. The van der Waals surface area contributed by atoms with Crippen molar-refractivity contribution in [2.45, 2.75) is 27.2 Å². The van der Waals surface area contributed by atoms with E-state index in [1.807, 2.05) is 6.92 Å². The molecule has 5 heteroatoms. The quantitative estimate of drug-likeness (QED) is 0.855. The Labute approximate surface area is 122 Å². The molecule has 2 rings (SSSR count). The van der Waals surface area contributed by atoms with E-state index in [9.17, 15) is 8.42 Å². The number of nitrogens with zero attached hydrogens (tertiary/aromatic N) is 2. The summed E-state index contributed by atoms with van der Waals surface area (Å²) < 4.78 is 25.7. The molecule has 0 radical (unpaired) electrons. The van der Waals surface area contributed by atoms with Gasteiger partial charge in [-0.25, -0.2) is 8.42 Å². The summed E-state index contributed by atoms with van der Waals surface area (Å²) in [6.45, 7) is 8.84. The lowest BCUT2D eigenvalue weighted by Crippen LogP contribution is -2.49. The maximum absolute atomic E-state index is 12.0. The second-order valence-electron chi connectivity index (χ2n) is 5.49. The van der Waals surface area contributed by atoms with E-state index in [1.165, 1.54) is 16.8 Å². The minimum Gasteiger partial charge on any atom is -0.369 e. The van der Waals surface area contributed by atoms with Gasteiger partial charge in [0.05, 0.1) is 5.75 Å². The number of sulfonamides is 1. The smallest absolute Gasteiger partial charge is 0.214 e. The van der Waals surface area contributed by atoms with Crippen LogP contribution in [-0.4, -0.2) is 44.7 Å². The molecule has 0 bridgehead atoms. The number of hydrogen-bond donors (Lipinski definition) is 0. The molecular weight excluding hydrogens is 272 g/mol. The van der Waals surface area contributed by atoms with Gasteiger partial charge in [-0.05, 0) is 31.9 Å². The lowest BCUT2D eigenvalue weighted by Gasteiger charge is -2.36. The van der Waals surface area contributed by atoms with E-state index in [2.05, 4.69) is 36.9 Å². The predicted molar refractivity (Wildman–Crippen MR) is 83.8 cm³/mol. The third kappa shape index (κ3) is 3.33. The first-order valence-electron chi connectivity index (χ1n) is 7.24. The highest BCUT2D eigenvalue weighted by Gasteiger charge is 2.26. The Kier molecular flexibility index (Phi) is 4.70. The molecule has 1 heterocycles. The first kappa shape index (κ1) is 15.3. The van der Waals surface area contributed by atoms with Gasteiger partial charge in [-0.1, -0.05) is 24.6 Å². The highest BCUT2D eigenvalue weighted by molar-refractivity contribution is 7.89. The molecule has 0 aromatic heterocycles. The van der Waals surface area contributed by atoms with Crippen LogP contribution in [-0.2, 0) is 10.0 Å². The molecule has 0 N–H and O–H groups in total. The van der Waals surface area contributed by atoms with Crippen LogP contribution in [0.4, 0.5) is 5.69 Å². The fraction of sp³-hybridized carbons (Fsp3) is 0.600. The number of piperazine rings is 1. The Hall–Kier alpha value is -1.07. The average molecular weight is 296 g/mol. The fourth-order valence-corrected chi connectivity index (χ4v) is 4.25. The molecule has 1 fully saturated rings. The number of rotatable bonds is 4. The van der Waals surface area contributed by atoms with Crippen molar-refractivity contribution in [1.29, 1.82) is 0 Å². The second kappa shape index (κ2) is 6.14. The SMILES string of the molecule is CCCS(=O)(=O)N1CCN(c2ccc(C)cc2C)CC1. The Morgan fingerprint density at radius 3 is 2.30 bits per heavy atom. The molecule has 1 saturated heterocycles. The predicted octanol–water partition coefficient (Wildman–Crippen LogP) is 2.17. The Balaban J connectivity index is 2.04. The van der Waals surface area contributed by atoms with Crippen LogP contribution in [0.25, 0.3) is 0 Å². The van der Waals surface area contributed by atoms with E-state index in [0.717, 1.165) is 13.1 Å². The summed E-state index contributed by atoms with van der Waals surface area (Å²) in [5, 5.41) is 0. The summed E-state index contributed by atoms with van der Waals surface area (Å²) in [5.74, 6) is 0.260. The van der Waals surface area contributed by atoms with Crippen LogP contribution in [0.5, 0.6) is 0 Å². The van der Waals surface area contributed by atoms with Gasteiger partial charge < -0.3 is 4.90 Å². The molecular formula is C15H24N2O2S. The first-order chi connectivity index (χ1) is 9.44. The van der Waals surface area contributed by atoms with Crippen molar-refractivity contribution in [2.75, 3.05) is 36.8 Å². The summed E-state index contributed by atoms with van der Waals surface area (Å²) >= 11 is 0. The van der Waals surface area contributed by atoms with Crippen LogP contribution in [0, 0.1) is 13.8 Å². The van der Waals surface area contributed by atoms with Crippen LogP contribution >= 0.6 is 0 Å². The molecule has 0 aliphatic carbocycles. The number of benzene rings is 1. The minimum atomic E-state index is -3.05. The van der Waals surface area contributed by atoms with Crippen molar-refractivity contribution in [2.24, 2.45) is 0 Å². The Bertz CT molecular complexity index is 561. The summed E-state index contributed by atoms with van der Waals surface area (Å²) in [6.07, 6.45) is 0.680. The topological polar surface area (TPSA) is 40.6 Å². The molecule has 1 aliphatic heterocycles. The lowest BCUT2D eigenvalue weighted by molar-refractivity contribution is 0.384. The van der Waals surface area contributed by atoms with Crippen molar-refractivity contribution in [3.8, 4) is 0 Å². The van der Waals surface area contributed by atoms with E-state index < -0.39 is 10.0 Å². The van der Waals surface area contributed by atoms with E-state index in [0.29, 0.717) is 19.5 Å². The molecule has 0 atom stereocenters. The molecule has 4 nitrogen and oxygen atoms in total. The zero-order valence-corrected chi connectivity index (χ0v) is 13.4. The van der Waals surface area contributed by atoms with Gasteiger partial charge in [0.2, 0.25) is 10.0 Å². The summed E-state index contributed by atoms with van der Waals surface area (Å²) in [6, 6.07) is 6.43. The fourth-order valence-electron chi connectivity index (χ4n) is 2.75. The van der Waals surface area contributed by atoms with Crippen LogP contribution in [0.1, 0.15) is 24.5 Å². The third-order valence-electron chi connectivity index (χ3n) is 3.79. The zero-order valence-electron chi connectivity index (χ0n) is 12.6. The van der Waals surface area contributed by atoms with Gasteiger partial charge in [0, 0.05) is 31.9 Å². The Morgan fingerprint density at radius 1 is 1.10 bits per heavy atom. The average Bonchev–Trinajstić information content (AvgIpc) is 2.39. The summed E-state index contributed by atoms with van der Waals surface area (Å²) in [7, 11) is -3.05. The van der Waals surface area contributed by atoms with Gasteiger partial charge in [-0.2, -0.15) is 4.31 Å². The van der Waals surface area contributed by atoms with Gasteiger partial charge in [0.1, 0.15) is 0 Å². The van der Waals surface area contributed by atoms with Crippen molar-refractivity contribution in [3.63, 3.8) is 0 Å². The van der Waals surface area contributed by atoms with Gasteiger partial charge >= 0.3 is 0 Å². The van der Waals surface area contributed by atoms with E-state index in [1.54, 1.807) is 4.31 Å².